The molecule has 3 N–H and O–H groups in total. The Morgan fingerprint density at radius 2 is 2.03 bits per heavy atom. The number of ether oxygens (including phenoxy) is 1. The quantitative estimate of drug-likeness (QED) is 0.344. The van der Waals surface area contributed by atoms with E-state index in [9.17, 15) is 27.1 Å². The number of aliphatic hydroxyl groups excluding tert-OH is 1. The predicted octanol–water partition coefficient (Wildman–Crippen LogP) is 2.33. The molecular weight excluding hydrogens is 527 g/mol. The molecular formula is C24H26F3N5O5S. The minimum atomic E-state index is -3.57. The van der Waals surface area contributed by atoms with Crippen LogP contribution in [0, 0.1) is 12.7 Å². The lowest BCUT2D eigenvalue weighted by molar-refractivity contribution is 0.0815. The maximum Gasteiger partial charge on any atom is 0.272 e. The number of anilines is 1. The van der Waals surface area contributed by atoms with Gasteiger partial charge in [0.25, 0.3) is 12.3 Å². The van der Waals surface area contributed by atoms with Crippen LogP contribution in [-0.2, 0) is 21.8 Å². The zero-order valence-electron chi connectivity index (χ0n) is 20.7. The van der Waals surface area contributed by atoms with E-state index >= 15 is 4.39 Å². The molecule has 14 heteroatoms. The Balaban J connectivity index is 1.74. The summed E-state index contributed by atoms with van der Waals surface area (Å²) in [6.07, 6.45) is -1.73. The van der Waals surface area contributed by atoms with Gasteiger partial charge in [-0.05, 0) is 31.5 Å². The van der Waals surface area contributed by atoms with Gasteiger partial charge in [0.05, 0.1) is 17.0 Å². The van der Waals surface area contributed by atoms with E-state index in [1.165, 1.54) is 16.8 Å². The van der Waals surface area contributed by atoms with Crippen LogP contribution in [0.2, 0.25) is 0 Å². The average Bonchev–Trinajstić information content (AvgIpc) is 3.14. The summed E-state index contributed by atoms with van der Waals surface area (Å²) in [5.41, 5.74) is -0.0628. The van der Waals surface area contributed by atoms with E-state index in [1.54, 1.807) is 25.3 Å². The lowest BCUT2D eigenvalue weighted by Crippen LogP contribution is -2.49. The summed E-state index contributed by atoms with van der Waals surface area (Å²) in [7, 11) is -3.57. The highest BCUT2D eigenvalue weighted by atomic mass is 32.2. The SMILES string of the molecule is Cc1ccc(-n2nc3c(c2NC(O)CS(C)(=O)=O)C(=O)N[C@](C)(c2ccc(OCC(F)F)cc2F)C3)nc1. The van der Waals surface area contributed by atoms with Gasteiger partial charge in [-0.1, -0.05) is 12.1 Å². The highest BCUT2D eigenvalue weighted by Gasteiger charge is 2.42. The van der Waals surface area contributed by atoms with Crippen LogP contribution < -0.4 is 15.4 Å². The van der Waals surface area contributed by atoms with Crippen molar-refractivity contribution >= 4 is 21.6 Å². The zero-order chi connectivity index (χ0) is 27.8. The molecule has 0 saturated carbocycles. The fourth-order valence-corrected chi connectivity index (χ4v) is 4.90. The van der Waals surface area contributed by atoms with E-state index in [2.05, 4.69) is 20.7 Å². The van der Waals surface area contributed by atoms with Crippen molar-refractivity contribution in [1.82, 2.24) is 20.1 Å². The third-order valence-electron chi connectivity index (χ3n) is 5.88. The van der Waals surface area contributed by atoms with Crippen molar-refractivity contribution in [2.45, 2.75) is 38.5 Å². The van der Waals surface area contributed by atoms with E-state index in [0.29, 0.717) is 5.82 Å². The molecule has 10 nitrogen and oxygen atoms in total. The molecule has 2 atom stereocenters. The zero-order valence-corrected chi connectivity index (χ0v) is 21.5. The number of hydrogen-bond acceptors (Lipinski definition) is 8. The van der Waals surface area contributed by atoms with E-state index in [-0.39, 0.29) is 34.8 Å². The summed E-state index contributed by atoms with van der Waals surface area (Å²) in [6.45, 7) is 2.53. The number of hydrogen-bond donors (Lipinski definition) is 3. The monoisotopic (exact) mass is 553 g/mol. The molecule has 0 radical (unpaired) electrons. The second-order valence-corrected chi connectivity index (χ2v) is 11.5. The number of fused-ring (bicyclic) bond motifs is 1. The van der Waals surface area contributed by atoms with E-state index in [4.69, 9.17) is 4.74 Å². The van der Waals surface area contributed by atoms with Gasteiger partial charge in [-0.15, -0.1) is 0 Å². The van der Waals surface area contributed by atoms with Crippen LogP contribution in [0.5, 0.6) is 5.75 Å². The average molecular weight is 554 g/mol. The predicted molar refractivity (Wildman–Crippen MR) is 132 cm³/mol. The van der Waals surface area contributed by atoms with Gasteiger partial charge >= 0.3 is 0 Å². The third-order valence-corrected chi connectivity index (χ3v) is 6.80. The van der Waals surface area contributed by atoms with E-state index in [0.717, 1.165) is 17.9 Å². The molecule has 0 aliphatic carbocycles. The number of nitrogens with one attached hydrogen (secondary N) is 2. The number of sulfone groups is 1. The number of amides is 1. The molecule has 38 heavy (non-hydrogen) atoms. The normalized spacial score (nSPS) is 18.2. The molecule has 2 aromatic heterocycles. The van der Waals surface area contributed by atoms with Crippen LogP contribution in [0.25, 0.3) is 5.82 Å². The van der Waals surface area contributed by atoms with Crippen molar-refractivity contribution in [1.29, 1.82) is 0 Å². The molecule has 0 saturated heterocycles. The number of aliphatic hydroxyl groups is 1. The van der Waals surface area contributed by atoms with Gasteiger partial charge in [-0.2, -0.15) is 9.78 Å². The molecule has 0 bridgehead atoms. The second kappa shape index (κ2) is 10.3. The van der Waals surface area contributed by atoms with Gasteiger partial charge in [-0.25, -0.2) is 26.6 Å². The number of carbonyl (C=O) groups is 1. The first-order chi connectivity index (χ1) is 17.8. The molecule has 3 heterocycles. The smallest absolute Gasteiger partial charge is 0.272 e. The minimum Gasteiger partial charge on any atom is -0.488 e. The molecule has 4 rings (SSSR count). The lowest BCUT2D eigenvalue weighted by atomic mass is 9.83. The number of aromatic nitrogens is 3. The molecule has 1 unspecified atom stereocenters. The number of carbonyl (C=O) groups excluding carboxylic acids is 1. The molecule has 0 fully saturated rings. The van der Waals surface area contributed by atoms with Gasteiger partial charge in [-0.3, -0.25) is 4.79 Å². The fourth-order valence-electron chi connectivity index (χ4n) is 4.24. The highest BCUT2D eigenvalue weighted by Crippen LogP contribution is 2.37. The number of halogens is 3. The summed E-state index contributed by atoms with van der Waals surface area (Å²) in [5, 5.41) is 20.3. The first kappa shape index (κ1) is 27.4. The van der Waals surface area contributed by atoms with Crippen molar-refractivity contribution in [2.24, 2.45) is 0 Å². The number of benzene rings is 1. The van der Waals surface area contributed by atoms with Gasteiger partial charge in [0.1, 0.15) is 35.8 Å². The van der Waals surface area contributed by atoms with Crippen LogP contribution in [0.1, 0.15) is 34.1 Å². The Hall–Kier alpha value is -3.65. The number of nitrogens with zero attached hydrogens (tertiary/aromatic N) is 3. The number of alkyl halides is 2. The van der Waals surface area contributed by atoms with Crippen molar-refractivity contribution in [3.63, 3.8) is 0 Å². The molecule has 1 amide bonds. The summed E-state index contributed by atoms with van der Waals surface area (Å²) in [4.78, 5) is 17.7. The van der Waals surface area contributed by atoms with Crippen LogP contribution >= 0.6 is 0 Å². The molecule has 3 aromatic rings. The van der Waals surface area contributed by atoms with Crippen molar-refractivity contribution < 1.29 is 36.2 Å². The van der Waals surface area contributed by atoms with Gasteiger partial charge in [0, 0.05) is 30.5 Å². The second-order valence-electron chi connectivity index (χ2n) is 9.34. The van der Waals surface area contributed by atoms with Crippen LogP contribution in [0.4, 0.5) is 19.0 Å². The fraction of sp³-hybridized carbons (Fsp3) is 0.375. The Morgan fingerprint density at radius 3 is 2.63 bits per heavy atom. The van der Waals surface area contributed by atoms with E-state index < -0.39 is 52.1 Å². The van der Waals surface area contributed by atoms with E-state index in [1.807, 2.05) is 6.92 Å². The van der Waals surface area contributed by atoms with Gasteiger partial charge < -0.3 is 20.5 Å². The number of pyridine rings is 1. The summed E-state index contributed by atoms with van der Waals surface area (Å²) >= 11 is 0. The highest BCUT2D eigenvalue weighted by molar-refractivity contribution is 7.90. The molecule has 1 aliphatic rings. The topological polar surface area (TPSA) is 135 Å². The summed E-state index contributed by atoms with van der Waals surface area (Å²) in [5.74, 6) is -1.83. The standard InChI is InChI=1S/C24H26F3N5O5S/c1-13-4-7-19(28-10-13)32-22(29-20(33)12-38(3,35)36)21-17(31-32)9-24(2,30-23(21)34)15-6-5-14(8-16(15)25)37-11-18(26)27/h4-8,10,18,20,29,33H,9,11-12H2,1-3H3,(H,30,34)/t20?,24-/m0/s1. The lowest BCUT2D eigenvalue weighted by Gasteiger charge is -2.35. The largest absolute Gasteiger partial charge is 0.488 e. The molecule has 1 aliphatic heterocycles. The van der Waals surface area contributed by atoms with Crippen LogP contribution in [0.15, 0.2) is 36.5 Å². The Morgan fingerprint density at radius 1 is 1.29 bits per heavy atom. The Bertz CT molecular complexity index is 1460. The van der Waals surface area contributed by atoms with Gasteiger partial charge in [0.2, 0.25) is 0 Å². The maximum atomic E-state index is 15.1. The van der Waals surface area contributed by atoms with Crippen molar-refractivity contribution in [2.75, 3.05) is 23.9 Å². The van der Waals surface area contributed by atoms with Crippen molar-refractivity contribution in [3.8, 4) is 11.6 Å². The summed E-state index contributed by atoms with van der Waals surface area (Å²) < 4.78 is 69.5. The van der Waals surface area contributed by atoms with Crippen LogP contribution in [0.3, 0.4) is 0 Å². The molecule has 1 aromatic carbocycles. The number of rotatable bonds is 9. The maximum absolute atomic E-state index is 15.1. The van der Waals surface area contributed by atoms with Crippen LogP contribution in [-0.4, -0.2) is 65.5 Å². The van der Waals surface area contributed by atoms with Crippen molar-refractivity contribution in [3.05, 3.63) is 64.7 Å². The Kier molecular flexibility index (Phi) is 7.39. The molecule has 0 spiro atoms. The summed E-state index contributed by atoms with van der Waals surface area (Å²) in [6, 6.07) is 7.04. The third kappa shape index (κ3) is 5.91. The Labute approximate surface area is 216 Å². The van der Waals surface area contributed by atoms with Gasteiger partial charge in [0.15, 0.2) is 15.7 Å². The first-order valence-electron chi connectivity index (χ1n) is 11.5. The first-order valence-corrected chi connectivity index (χ1v) is 13.5. The molecule has 204 valence electrons. The number of aryl methyl sites for hydroxylation is 1. The minimum absolute atomic E-state index is 0.0118.